The molecule has 0 aromatic carbocycles. The van der Waals surface area contributed by atoms with Crippen molar-refractivity contribution in [3.8, 4) is 0 Å². The first-order chi connectivity index (χ1) is 14.9. The number of aromatic nitrogens is 1. The summed E-state index contributed by atoms with van der Waals surface area (Å²) < 4.78 is 7.98. The number of allylic oxidation sites excluding steroid dienone is 2. The normalized spacial score (nSPS) is 39.5. The second kappa shape index (κ2) is 7.06. The van der Waals surface area contributed by atoms with Gasteiger partial charge < -0.3 is 14.2 Å². The van der Waals surface area contributed by atoms with Crippen LogP contribution in [-0.2, 0) is 16.1 Å². The maximum atomic E-state index is 13.0. The largest absolute Gasteiger partial charge is 0.462 e. The van der Waals surface area contributed by atoms with E-state index in [0.717, 1.165) is 45.4 Å². The van der Waals surface area contributed by atoms with Crippen LogP contribution in [0.25, 0.3) is 0 Å². The fraction of sp³-hybridized carbons (Fsp3) is 0.692. The van der Waals surface area contributed by atoms with E-state index < -0.39 is 0 Å². The molecule has 0 unspecified atom stereocenters. The number of fused-ring (bicyclic) bond motifs is 6. The van der Waals surface area contributed by atoms with Crippen LogP contribution in [0.2, 0.25) is 0 Å². The lowest BCUT2D eigenvalue weighted by Gasteiger charge is -2.46. The van der Waals surface area contributed by atoms with Crippen molar-refractivity contribution in [2.24, 2.45) is 23.2 Å². The predicted molar refractivity (Wildman–Crippen MR) is 119 cm³/mol. The maximum Gasteiger partial charge on any atom is 0.310 e. The molecule has 6 atom stereocenters. The van der Waals surface area contributed by atoms with E-state index >= 15 is 0 Å². The van der Waals surface area contributed by atoms with Gasteiger partial charge in [0.15, 0.2) is 0 Å². The van der Waals surface area contributed by atoms with Gasteiger partial charge in [0.25, 0.3) is 5.56 Å². The van der Waals surface area contributed by atoms with Crippen molar-refractivity contribution in [1.82, 2.24) is 9.47 Å². The Morgan fingerprint density at radius 1 is 1.19 bits per heavy atom. The fourth-order valence-corrected chi connectivity index (χ4v) is 7.74. The van der Waals surface area contributed by atoms with Crippen LogP contribution in [0.15, 0.2) is 34.1 Å². The number of hydrogen-bond acceptors (Lipinski definition) is 4. The summed E-state index contributed by atoms with van der Waals surface area (Å²) in [6.45, 7) is 8.26. The lowest BCUT2D eigenvalue weighted by atomic mass is 9.59. The molecule has 1 aromatic rings. The van der Waals surface area contributed by atoms with E-state index in [4.69, 9.17) is 4.74 Å². The highest BCUT2D eigenvalue weighted by Gasteiger charge is 2.53. The van der Waals surface area contributed by atoms with Gasteiger partial charge in [-0.3, -0.25) is 9.59 Å². The number of hydrogen-bond donors (Lipinski definition) is 0. The van der Waals surface area contributed by atoms with Crippen molar-refractivity contribution >= 4 is 5.97 Å². The number of carbonyl (C=O) groups is 1. The summed E-state index contributed by atoms with van der Waals surface area (Å²) in [6, 6.07) is 5.69. The number of carbonyl (C=O) groups excluding carboxylic acids is 1. The highest BCUT2D eigenvalue weighted by atomic mass is 16.6. The van der Waals surface area contributed by atoms with Crippen LogP contribution in [-0.4, -0.2) is 41.2 Å². The molecule has 4 heterocycles. The van der Waals surface area contributed by atoms with Crippen molar-refractivity contribution in [2.75, 3.05) is 19.6 Å². The van der Waals surface area contributed by atoms with Crippen LogP contribution in [0.1, 0.15) is 64.0 Å². The SMILES string of the molecule is CC1=C2C[C@H]3[C@@H](C[C@@]2(C)CCC1)OC(=O)[C@@H]3CN1C[C@@H]2C[C@H](C1)c1cccc(=O)n1C2. The maximum absolute atomic E-state index is 13.0. The van der Waals surface area contributed by atoms with Gasteiger partial charge in [-0.05, 0) is 62.8 Å². The zero-order valence-electron chi connectivity index (χ0n) is 18.8. The summed E-state index contributed by atoms with van der Waals surface area (Å²) in [7, 11) is 0. The van der Waals surface area contributed by atoms with Crippen molar-refractivity contribution < 1.29 is 9.53 Å². The number of ether oxygens (including phenoxy) is 1. The minimum Gasteiger partial charge on any atom is -0.462 e. The average Bonchev–Trinajstić information content (AvgIpc) is 3.01. The fourth-order valence-electron chi connectivity index (χ4n) is 7.74. The average molecular weight is 423 g/mol. The number of nitrogens with zero attached hydrogens (tertiary/aromatic N) is 2. The van der Waals surface area contributed by atoms with Crippen LogP contribution in [0, 0.1) is 23.2 Å². The smallest absolute Gasteiger partial charge is 0.310 e. The molecule has 3 fully saturated rings. The van der Waals surface area contributed by atoms with Gasteiger partial charge in [0, 0.05) is 49.8 Å². The lowest BCUT2D eigenvalue weighted by Crippen LogP contribution is -2.49. The molecule has 2 bridgehead atoms. The number of rotatable bonds is 2. The molecule has 0 amide bonds. The molecule has 31 heavy (non-hydrogen) atoms. The summed E-state index contributed by atoms with van der Waals surface area (Å²) in [6.07, 6.45) is 7.03. The monoisotopic (exact) mass is 422 g/mol. The molecule has 6 rings (SSSR count). The Morgan fingerprint density at radius 3 is 2.94 bits per heavy atom. The first kappa shape index (κ1) is 19.8. The molecule has 5 aliphatic rings. The summed E-state index contributed by atoms with van der Waals surface area (Å²) in [5.41, 5.74) is 4.74. The minimum atomic E-state index is -0.00595. The van der Waals surface area contributed by atoms with Crippen molar-refractivity contribution in [3.63, 3.8) is 0 Å². The second-order valence-electron chi connectivity index (χ2n) is 11.2. The van der Waals surface area contributed by atoms with Gasteiger partial charge in [-0.1, -0.05) is 24.1 Å². The Morgan fingerprint density at radius 2 is 2.06 bits per heavy atom. The highest BCUT2D eigenvalue weighted by molar-refractivity contribution is 5.76. The molecule has 3 aliphatic heterocycles. The van der Waals surface area contributed by atoms with Gasteiger partial charge in [-0.25, -0.2) is 0 Å². The van der Waals surface area contributed by atoms with E-state index in [2.05, 4.69) is 24.8 Å². The molecule has 1 aromatic heterocycles. The van der Waals surface area contributed by atoms with Gasteiger partial charge in [0.2, 0.25) is 0 Å². The van der Waals surface area contributed by atoms with Crippen LogP contribution in [0.3, 0.4) is 0 Å². The standard InChI is InChI=1S/C26H34N2O3/c1-16-5-4-8-26(2)11-23-19(10-21(16)26)20(25(30)31-23)15-27-12-17-9-18(14-27)22-6-3-7-24(29)28(22)13-17/h3,6-7,17-20,23H,4-5,8-15H2,1-2H3/t17-,18+,19+,20+,23+,26+/m0/s1. The number of piperidine rings is 1. The van der Waals surface area contributed by atoms with Gasteiger partial charge in [0.1, 0.15) is 6.10 Å². The summed E-state index contributed by atoms with van der Waals surface area (Å²) >= 11 is 0. The van der Waals surface area contributed by atoms with Crippen molar-refractivity contribution in [3.05, 3.63) is 45.4 Å². The molecule has 1 saturated carbocycles. The molecule has 0 spiro atoms. The molecule has 0 radical (unpaired) electrons. The summed E-state index contributed by atoms with van der Waals surface area (Å²) in [5.74, 6) is 1.25. The van der Waals surface area contributed by atoms with Gasteiger partial charge in [-0.15, -0.1) is 0 Å². The number of pyridine rings is 1. The zero-order valence-corrected chi connectivity index (χ0v) is 18.8. The molecule has 5 nitrogen and oxygen atoms in total. The van der Waals surface area contributed by atoms with E-state index in [0.29, 0.717) is 17.8 Å². The molecule has 166 valence electrons. The third-order valence-corrected chi connectivity index (χ3v) is 9.19. The molecular formula is C26H34N2O3. The van der Waals surface area contributed by atoms with E-state index in [1.54, 1.807) is 17.2 Å². The highest BCUT2D eigenvalue weighted by Crippen LogP contribution is 2.55. The molecular weight excluding hydrogens is 388 g/mol. The Labute approximate surface area is 184 Å². The molecule has 2 aliphatic carbocycles. The topological polar surface area (TPSA) is 51.5 Å². The second-order valence-corrected chi connectivity index (χ2v) is 11.2. The molecule has 0 N–H and O–H groups in total. The van der Waals surface area contributed by atoms with Crippen LogP contribution < -0.4 is 5.56 Å². The van der Waals surface area contributed by atoms with Gasteiger partial charge in [-0.2, -0.15) is 0 Å². The third-order valence-electron chi connectivity index (χ3n) is 9.19. The van der Waals surface area contributed by atoms with E-state index in [1.165, 1.54) is 25.0 Å². The first-order valence-electron chi connectivity index (χ1n) is 12.2. The predicted octanol–water partition coefficient (Wildman–Crippen LogP) is 3.73. The summed E-state index contributed by atoms with van der Waals surface area (Å²) in [5, 5.41) is 0. The number of esters is 1. The van der Waals surface area contributed by atoms with E-state index in [-0.39, 0.29) is 29.0 Å². The van der Waals surface area contributed by atoms with Gasteiger partial charge in [0.05, 0.1) is 5.92 Å². The number of likely N-dealkylation sites (tertiary alicyclic amines) is 1. The summed E-state index contributed by atoms with van der Waals surface area (Å²) in [4.78, 5) is 27.8. The lowest BCUT2D eigenvalue weighted by molar-refractivity contribution is -0.145. The van der Waals surface area contributed by atoms with E-state index in [1.807, 2.05) is 10.6 Å². The van der Waals surface area contributed by atoms with Crippen molar-refractivity contribution in [2.45, 2.75) is 70.9 Å². The Kier molecular flexibility index (Phi) is 4.51. The Hall–Kier alpha value is -1.88. The quantitative estimate of drug-likeness (QED) is 0.538. The van der Waals surface area contributed by atoms with Crippen LogP contribution in [0.4, 0.5) is 0 Å². The van der Waals surface area contributed by atoms with Crippen molar-refractivity contribution in [1.29, 1.82) is 0 Å². The zero-order chi connectivity index (χ0) is 21.3. The minimum absolute atomic E-state index is 0.00595. The Bertz CT molecular complexity index is 1010. The molecule has 5 heteroatoms. The van der Waals surface area contributed by atoms with Crippen LogP contribution >= 0.6 is 0 Å². The first-order valence-corrected chi connectivity index (χ1v) is 12.2. The third kappa shape index (κ3) is 3.14. The Balaban J connectivity index is 1.22. The van der Waals surface area contributed by atoms with E-state index in [9.17, 15) is 9.59 Å². The van der Waals surface area contributed by atoms with Gasteiger partial charge >= 0.3 is 5.97 Å². The molecule has 2 saturated heterocycles. The van der Waals surface area contributed by atoms with Crippen LogP contribution in [0.5, 0.6) is 0 Å².